The van der Waals surface area contributed by atoms with Gasteiger partial charge in [-0.05, 0) is 34.4 Å². The van der Waals surface area contributed by atoms with E-state index in [1.165, 1.54) is 23.9 Å². The maximum absolute atomic E-state index is 8.66. The molecule has 0 fully saturated rings. The number of allylic oxidation sites excluding steroid dienone is 2. The SMILES string of the molecule is N#C/C=C/c1ccc(-c2ccc(-c3ccc(/C=C/C#N)cc3)c3nsnc23)cc1. The third kappa shape index (κ3) is 3.82. The molecule has 1 aromatic heterocycles. The lowest BCUT2D eigenvalue weighted by molar-refractivity contribution is 1.53. The zero-order chi connectivity index (χ0) is 20.1. The largest absolute Gasteiger partial charge is 0.193 e. The summed E-state index contributed by atoms with van der Waals surface area (Å²) in [6.45, 7) is 0. The second kappa shape index (κ2) is 8.31. The lowest BCUT2D eigenvalue weighted by Gasteiger charge is -2.08. The minimum atomic E-state index is 0.876. The van der Waals surface area contributed by atoms with E-state index in [2.05, 4.69) is 20.9 Å². The molecule has 5 heteroatoms. The zero-order valence-corrected chi connectivity index (χ0v) is 16.1. The van der Waals surface area contributed by atoms with Crippen molar-refractivity contribution in [2.75, 3.05) is 0 Å². The average Bonchev–Trinajstić information content (AvgIpc) is 3.26. The van der Waals surface area contributed by atoms with E-state index in [-0.39, 0.29) is 0 Å². The first-order valence-electron chi connectivity index (χ1n) is 8.88. The van der Waals surface area contributed by atoms with Crippen LogP contribution in [0.2, 0.25) is 0 Å². The van der Waals surface area contributed by atoms with Gasteiger partial charge in [0.25, 0.3) is 0 Å². The van der Waals surface area contributed by atoms with Crippen molar-refractivity contribution in [3.05, 3.63) is 83.9 Å². The van der Waals surface area contributed by atoms with Crippen LogP contribution < -0.4 is 0 Å². The number of nitriles is 2. The molecule has 0 spiro atoms. The molecule has 0 aliphatic carbocycles. The summed E-state index contributed by atoms with van der Waals surface area (Å²) in [6.07, 6.45) is 6.49. The first-order valence-corrected chi connectivity index (χ1v) is 9.61. The van der Waals surface area contributed by atoms with Crippen LogP contribution in [0.15, 0.2) is 72.8 Å². The van der Waals surface area contributed by atoms with Crippen LogP contribution in [0, 0.1) is 22.7 Å². The minimum Gasteiger partial charge on any atom is -0.193 e. The highest BCUT2D eigenvalue weighted by atomic mass is 32.1. The molecule has 4 aromatic rings. The van der Waals surface area contributed by atoms with Gasteiger partial charge in [0.2, 0.25) is 0 Å². The van der Waals surface area contributed by atoms with Crippen LogP contribution in [-0.2, 0) is 0 Å². The summed E-state index contributed by atoms with van der Waals surface area (Å²) in [6, 6.07) is 24.2. The summed E-state index contributed by atoms with van der Waals surface area (Å²) in [4.78, 5) is 0. The fourth-order valence-corrected chi connectivity index (χ4v) is 3.72. The third-order valence-electron chi connectivity index (χ3n) is 4.56. The van der Waals surface area contributed by atoms with E-state index < -0.39 is 0 Å². The molecule has 0 aliphatic heterocycles. The van der Waals surface area contributed by atoms with Gasteiger partial charge in [0.15, 0.2) is 0 Å². The molecule has 0 bridgehead atoms. The van der Waals surface area contributed by atoms with Crippen LogP contribution in [0.4, 0.5) is 0 Å². The summed E-state index contributed by atoms with van der Waals surface area (Å²) in [5, 5.41) is 17.3. The Morgan fingerprint density at radius 1 is 0.621 bits per heavy atom. The molecular weight excluding hydrogens is 376 g/mol. The fourth-order valence-electron chi connectivity index (χ4n) is 3.15. The molecule has 0 unspecified atom stereocenters. The molecule has 136 valence electrons. The van der Waals surface area contributed by atoms with Crippen LogP contribution in [0.25, 0.3) is 45.4 Å². The van der Waals surface area contributed by atoms with Crippen molar-refractivity contribution in [1.82, 2.24) is 8.75 Å². The summed E-state index contributed by atoms with van der Waals surface area (Å²) < 4.78 is 9.08. The van der Waals surface area contributed by atoms with Crippen molar-refractivity contribution in [2.45, 2.75) is 0 Å². The second-order valence-electron chi connectivity index (χ2n) is 6.29. The van der Waals surface area contributed by atoms with Gasteiger partial charge in [-0.25, -0.2) is 0 Å². The number of rotatable bonds is 4. The molecule has 3 aromatic carbocycles. The van der Waals surface area contributed by atoms with Crippen molar-refractivity contribution in [2.24, 2.45) is 0 Å². The van der Waals surface area contributed by atoms with E-state index in [0.29, 0.717) is 0 Å². The smallest absolute Gasteiger partial charge is 0.113 e. The first kappa shape index (κ1) is 18.3. The van der Waals surface area contributed by atoms with Crippen LogP contribution in [0.5, 0.6) is 0 Å². The molecule has 1 heterocycles. The molecule has 0 aliphatic rings. The minimum absolute atomic E-state index is 0.876. The Bertz CT molecular complexity index is 1200. The Hall–Kier alpha value is -4.06. The molecule has 0 amide bonds. The molecule has 0 saturated heterocycles. The van der Waals surface area contributed by atoms with Crippen molar-refractivity contribution < 1.29 is 0 Å². The highest BCUT2D eigenvalue weighted by Crippen LogP contribution is 2.34. The fraction of sp³-hybridized carbons (Fsp3) is 0. The van der Waals surface area contributed by atoms with Crippen molar-refractivity contribution in [3.8, 4) is 34.4 Å². The Morgan fingerprint density at radius 3 is 1.41 bits per heavy atom. The average molecular weight is 390 g/mol. The molecule has 0 saturated carbocycles. The zero-order valence-electron chi connectivity index (χ0n) is 15.3. The normalized spacial score (nSPS) is 11.1. The third-order valence-corrected chi connectivity index (χ3v) is 5.09. The van der Waals surface area contributed by atoms with Gasteiger partial charge in [0, 0.05) is 23.3 Å². The molecule has 29 heavy (non-hydrogen) atoms. The topological polar surface area (TPSA) is 73.4 Å². The molecule has 0 atom stereocenters. The van der Waals surface area contributed by atoms with Gasteiger partial charge in [0.1, 0.15) is 11.0 Å². The monoisotopic (exact) mass is 390 g/mol. The standard InChI is InChI=1S/C24H14N4S/c25-15-1-3-17-5-9-19(10-6-17)21-13-14-22(24-23(21)27-29-28-24)20-11-7-18(8-12-20)4-2-16-26/h1-14H/b3-1+,4-2+. The molecule has 0 N–H and O–H groups in total. The lowest BCUT2D eigenvalue weighted by atomic mass is 9.96. The highest BCUT2D eigenvalue weighted by Gasteiger charge is 2.13. The van der Waals surface area contributed by atoms with E-state index >= 15 is 0 Å². The molecular formula is C24H14N4S. The molecule has 4 rings (SSSR count). The van der Waals surface area contributed by atoms with Gasteiger partial charge in [-0.15, -0.1) is 0 Å². The van der Waals surface area contributed by atoms with E-state index in [4.69, 9.17) is 10.5 Å². The number of aromatic nitrogens is 2. The summed E-state index contributed by atoms with van der Waals surface area (Å²) in [5.74, 6) is 0. The molecule has 0 radical (unpaired) electrons. The van der Waals surface area contributed by atoms with Gasteiger partial charge < -0.3 is 0 Å². The van der Waals surface area contributed by atoms with Crippen LogP contribution in [0.3, 0.4) is 0 Å². The van der Waals surface area contributed by atoms with Crippen LogP contribution >= 0.6 is 11.7 Å². The van der Waals surface area contributed by atoms with E-state index in [9.17, 15) is 0 Å². The lowest BCUT2D eigenvalue weighted by Crippen LogP contribution is -1.86. The quantitative estimate of drug-likeness (QED) is 0.395. The van der Waals surface area contributed by atoms with E-state index in [0.717, 1.165) is 44.4 Å². The number of fused-ring (bicyclic) bond motifs is 1. The van der Waals surface area contributed by atoms with Crippen LogP contribution in [-0.4, -0.2) is 8.75 Å². The summed E-state index contributed by atoms with van der Waals surface area (Å²) >= 11 is 1.20. The van der Waals surface area contributed by atoms with Crippen molar-refractivity contribution >= 4 is 34.9 Å². The predicted octanol–water partition coefficient (Wildman–Crippen LogP) is 6.10. The highest BCUT2D eigenvalue weighted by molar-refractivity contribution is 7.00. The van der Waals surface area contributed by atoms with Gasteiger partial charge in [-0.1, -0.05) is 60.7 Å². The maximum Gasteiger partial charge on any atom is 0.113 e. The Kier molecular flexibility index (Phi) is 5.25. The van der Waals surface area contributed by atoms with E-state index in [1.807, 2.05) is 60.7 Å². The van der Waals surface area contributed by atoms with Gasteiger partial charge >= 0.3 is 0 Å². The van der Waals surface area contributed by atoms with Crippen molar-refractivity contribution in [3.63, 3.8) is 0 Å². The Morgan fingerprint density at radius 2 is 1.03 bits per heavy atom. The van der Waals surface area contributed by atoms with Crippen LogP contribution in [0.1, 0.15) is 11.1 Å². The summed E-state index contributed by atoms with van der Waals surface area (Å²) in [5.41, 5.74) is 7.88. The number of hydrogen-bond acceptors (Lipinski definition) is 5. The number of hydrogen-bond donors (Lipinski definition) is 0. The van der Waals surface area contributed by atoms with E-state index in [1.54, 1.807) is 12.2 Å². The van der Waals surface area contributed by atoms with Gasteiger partial charge in [0.05, 0.1) is 23.9 Å². The number of benzene rings is 3. The predicted molar refractivity (Wildman–Crippen MR) is 118 cm³/mol. The van der Waals surface area contributed by atoms with Crippen molar-refractivity contribution in [1.29, 1.82) is 10.5 Å². The number of nitrogens with zero attached hydrogens (tertiary/aromatic N) is 4. The maximum atomic E-state index is 8.66. The second-order valence-corrected chi connectivity index (χ2v) is 6.82. The molecule has 4 nitrogen and oxygen atoms in total. The first-order chi connectivity index (χ1) is 14.3. The Labute approximate surface area is 172 Å². The summed E-state index contributed by atoms with van der Waals surface area (Å²) in [7, 11) is 0. The Balaban J connectivity index is 1.73. The van der Waals surface area contributed by atoms with Gasteiger partial charge in [-0.3, -0.25) is 0 Å². The van der Waals surface area contributed by atoms with Gasteiger partial charge in [-0.2, -0.15) is 19.3 Å².